The van der Waals surface area contributed by atoms with Crippen LogP contribution in [0.1, 0.15) is 37.7 Å². The first-order chi connectivity index (χ1) is 11.4. The molecule has 1 saturated carbocycles. The third kappa shape index (κ3) is 3.60. The van der Waals surface area contributed by atoms with E-state index in [4.69, 9.17) is 0 Å². The van der Waals surface area contributed by atoms with E-state index in [1.165, 1.54) is 18.6 Å². The summed E-state index contributed by atoms with van der Waals surface area (Å²) in [6.45, 7) is 0. The lowest BCUT2D eigenvalue weighted by Gasteiger charge is -2.22. The van der Waals surface area contributed by atoms with Crippen LogP contribution in [0.4, 0.5) is 18.9 Å². The van der Waals surface area contributed by atoms with Crippen LogP contribution in [0.5, 0.6) is 0 Å². The second kappa shape index (κ2) is 6.67. The highest BCUT2D eigenvalue weighted by molar-refractivity contribution is 5.94. The van der Waals surface area contributed by atoms with E-state index in [0.717, 1.165) is 44.2 Å². The molecule has 1 amide bonds. The van der Waals surface area contributed by atoms with Crippen molar-refractivity contribution in [2.24, 2.45) is 5.92 Å². The fourth-order valence-electron chi connectivity index (χ4n) is 3.04. The van der Waals surface area contributed by atoms with E-state index in [1.807, 2.05) is 0 Å². The van der Waals surface area contributed by atoms with E-state index in [2.05, 4.69) is 10.3 Å². The number of amides is 1. The van der Waals surface area contributed by atoms with Crippen LogP contribution in [-0.2, 0) is 11.0 Å². The lowest BCUT2D eigenvalue weighted by atomic mass is 9.88. The molecule has 128 valence electrons. The molecule has 2 aromatic rings. The zero-order valence-electron chi connectivity index (χ0n) is 13.0. The van der Waals surface area contributed by atoms with Crippen molar-refractivity contribution in [1.82, 2.24) is 9.55 Å². The fourth-order valence-corrected chi connectivity index (χ4v) is 3.04. The molecular formula is C17H18F3N3O. The molecular weight excluding hydrogens is 319 g/mol. The number of anilines is 1. The minimum Gasteiger partial charge on any atom is -0.324 e. The number of benzene rings is 1. The van der Waals surface area contributed by atoms with E-state index in [1.54, 1.807) is 10.8 Å². The van der Waals surface area contributed by atoms with Gasteiger partial charge in [0.05, 0.1) is 23.3 Å². The van der Waals surface area contributed by atoms with E-state index < -0.39 is 11.7 Å². The molecule has 0 atom stereocenters. The van der Waals surface area contributed by atoms with Crippen LogP contribution in [-0.4, -0.2) is 15.5 Å². The predicted octanol–water partition coefficient (Wildman–Crippen LogP) is 4.41. The molecule has 0 bridgehead atoms. The first-order valence-electron chi connectivity index (χ1n) is 7.95. The van der Waals surface area contributed by atoms with Gasteiger partial charge < -0.3 is 9.88 Å². The summed E-state index contributed by atoms with van der Waals surface area (Å²) in [5.74, 6) is -0.348. The Morgan fingerprint density at radius 3 is 2.58 bits per heavy atom. The van der Waals surface area contributed by atoms with E-state index in [9.17, 15) is 18.0 Å². The highest BCUT2D eigenvalue weighted by Crippen LogP contribution is 2.34. The molecule has 3 rings (SSSR count). The van der Waals surface area contributed by atoms with Crippen LogP contribution in [0.25, 0.3) is 5.69 Å². The number of imidazole rings is 1. The van der Waals surface area contributed by atoms with Gasteiger partial charge in [-0.15, -0.1) is 0 Å². The molecule has 0 unspecified atom stereocenters. The average molecular weight is 337 g/mol. The Kier molecular flexibility index (Phi) is 4.59. The Morgan fingerprint density at radius 1 is 1.21 bits per heavy atom. The van der Waals surface area contributed by atoms with Gasteiger partial charge in [-0.3, -0.25) is 4.79 Å². The molecule has 1 aromatic carbocycles. The van der Waals surface area contributed by atoms with Gasteiger partial charge >= 0.3 is 6.18 Å². The quantitative estimate of drug-likeness (QED) is 0.902. The molecule has 0 saturated heterocycles. The number of nitrogens with one attached hydrogen (secondary N) is 1. The minimum absolute atomic E-state index is 0.135. The number of aromatic nitrogens is 2. The minimum atomic E-state index is -4.46. The van der Waals surface area contributed by atoms with Crippen LogP contribution in [0, 0.1) is 5.92 Å². The van der Waals surface area contributed by atoms with Crippen molar-refractivity contribution in [2.75, 3.05) is 5.32 Å². The third-order valence-corrected chi connectivity index (χ3v) is 4.34. The van der Waals surface area contributed by atoms with Gasteiger partial charge in [0.15, 0.2) is 0 Å². The summed E-state index contributed by atoms with van der Waals surface area (Å²) in [6.07, 6.45) is 4.81. The number of nitrogens with zero attached hydrogens (tertiary/aromatic N) is 2. The second-order valence-corrected chi connectivity index (χ2v) is 6.02. The van der Waals surface area contributed by atoms with Crippen molar-refractivity contribution in [3.05, 3.63) is 42.5 Å². The van der Waals surface area contributed by atoms with Gasteiger partial charge in [-0.2, -0.15) is 13.2 Å². The van der Waals surface area contributed by atoms with Crippen molar-refractivity contribution >= 4 is 11.6 Å². The van der Waals surface area contributed by atoms with Crippen molar-refractivity contribution in [1.29, 1.82) is 0 Å². The maximum atomic E-state index is 13.0. The lowest BCUT2D eigenvalue weighted by molar-refractivity contribution is -0.137. The predicted molar refractivity (Wildman–Crippen MR) is 83.8 cm³/mol. The Balaban J connectivity index is 1.92. The average Bonchev–Trinajstić information content (AvgIpc) is 3.09. The summed E-state index contributed by atoms with van der Waals surface area (Å²) in [5.41, 5.74) is -0.173. The smallest absolute Gasteiger partial charge is 0.324 e. The zero-order valence-corrected chi connectivity index (χ0v) is 13.0. The first kappa shape index (κ1) is 16.5. The van der Waals surface area contributed by atoms with Gasteiger partial charge in [-0.05, 0) is 31.0 Å². The Hall–Kier alpha value is -2.31. The largest absolute Gasteiger partial charge is 0.416 e. The molecule has 1 aliphatic rings. The Morgan fingerprint density at radius 2 is 1.96 bits per heavy atom. The molecule has 1 fully saturated rings. The van der Waals surface area contributed by atoms with Crippen molar-refractivity contribution in [3.63, 3.8) is 0 Å². The highest BCUT2D eigenvalue weighted by atomic mass is 19.4. The van der Waals surface area contributed by atoms with Crippen LogP contribution in [0.15, 0.2) is 36.9 Å². The van der Waals surface area contributed by atoms with Gasteiger partial charge in [-0.1, -0.05) is 19.3 Å². The standard InChI is InChI=1S/C17H18F3N3O/c18-17(19,20)13-6-7-15(23-9-8-21-11-23)14(10-13)22-16(24)12-4-2-1-3-5-12/h6-12H,1-5H2,(H,22,24). The van der Waals surface area contributed by atoms with Gasteiger partial charge in [0.25, 0.3) is 0 Å². The van der Waals surface area contributed by atoms with Gasteiger partial charge in [0.2, 0.25) is 5.91 Å². The fraction of sp³-hybridized carbons (Fsp3) is 0.412. The molecule has 1 heterocycles. The van der Waals surface area contributed by atoms with Crippen LogP contribution in [0.3, 0.4) is 0 Å². The number of carbonyl (C=O) groups excluding carboxylic acids is 1. The van der Waals surface area contributed by atoms with Gasteiger partial charge in [0, 0.05) is 18.3 Å². The topological polar surface area (TPSA) is 46.9 Å². The number of hydrogen-bond acceptors (Lipinski definition) is 2. The molecule has 24 heavy (non-hydrogen) atoms. The zero-order chi connectivity index (χ0) is 17.2. The Labute approximate surface area is 137 Å². The number of rotatable bonds is 3. The van der Waals surface area contributed by atoms with Crippen molar-refractivity contribution in [3.8, 4) is 5.69 Å². The summed E-state index contributed by atoms with van der Waals surface area (Å²) < 4.78 is 40.6. The molecule has 0 spiro atoms. The monoisotopic (exact) mass is 337 g/mol. The summed E-state index contributed by atoms with van der Waals surface area (Å²) in [4.78, 5) is 16.3. The first-order valence-corrected chi connectivity index (χ1v) is 7.95. The van der Waals surface area contributed by atoms with Gasteiger partial charge in [-0.25, -0.2) is 4.98 Å². The summed E-state index contributed by atoms with van der Waals surface area (Å²) in [7, 11) is 0. The lowest BCUT2D eigenvalue weighted by Crippen LogP contribution is -2.25. The SMILES string of the molecule is O=C(Nc1cc(C(F)(F)F)ccc1-n1ccnc1)C1CCCCC1. The van der Waals surface area contributed by atoms with Crippen LogP contribution >= 0.6 is 0 Å². The normalized spacial score (nSPS) is 16.1. The maximum Gasteiger partial charge on any atom is 0.416 e. The van der Waals surface area contributed by atoms with Crippen molar-refractivity contribution < 1.29 is 18.0 Å². The summed E-state index contributed by atoms with van der Waals surface area (Å²) in [5, 5.41) is 2.69. The number of hydrogen-bond donors (Lipinski definition) is 1. The maximum absolute atomic E-state index is 13.0. The third-order valence-electron chi connectivity index (χ3n) is 4.34. The molecule has 1 aliphatic carbocycles. The summed E-state index contributed by atoms with van der Waals surface area (Å²) in [6, 6.07) is 3.34. The van der Waals surface area contributed by atoms with E-state index in [-0.39, 0.29) is 17.5 Å². The number of carbonyl (C=O) groups is 1. The molecule has 0 radical (unpaired) electrons. The molecule has 1 aromatic heterocycles. The molecule has 7 heteroatoms. The van der Waals surface area contributed by atoms with Crippen LogP contribution < -0.4 is 5.32 Å². The highest BCUT2D eigenvalue weighted by Gasteiger charge is 2.31. The number of alkyl halides is 3. The van der Waals surface area contributed by atoms with Gasteiger partial charge in [0.1, 0.15) is 0 Å². The molecule has 1 N–H and O–H groups in total. The Bertz CT molecular complexity index is 704. The van der Waals surface area contributed by atoms with Crippen molar-refractivity contribution in [2.45, 2.75) is 38.3 Å². The van der Waals surface area contributed by atoms with Crippen LogP contribution in [0.2, 0.25) is 0 Å². The number of halogens is 3. The summed E-state index contributed by atoms with van der Waals surface area (Å²) >= 11 is 0. The second-order valence-electron chi connectivity index (χ2n) is 6.02. The molecule has 4 nitrogen and oxygen atoms in total. The molecule has 0 aliphatic heterocycles. The van der Waals surface area contributed by atoms with E-state index in [0.29, 0.717) is 5.69 Å². The van der Waals surface area contributed by atoms with E-state index >= 15 is 0 Å².